The summed E-state index contributed by atoms with van der Waals surface area (Å²) in [6.45, 7) is 7.30. The predicted octanol–water partition coefficient (Wildman–Crippen LogP) is 5.38. The second kappa shape index (κ2) is 12.2. The molecule has 3 heterocycles. The summed E-state index contributed by atoms with van der Waals surface area (Å²) in [5.41, 5.74) is 0.688. The van der Waals surface area contributed by atoms with Gasteiger partial charge < -0.3 is 14.5 Å². The Morgan fingerprint density at radius 1 is 1.14 bits per heavy atom. The lowest BCUT2D eigenvalue weighted by molar-refractivity contribution is -0.138. The number of aliphatic imine (C=N–C) groups is 1. The normalized spacial score (nSPS) is 18.6. The molecule has 0 spiro atoms. The lowest BCUT2D eigenvalue weighted by atomic mass is 10.0. The molecule has 2 amide bonds. The van der Waals surface area contributed by atoms with Gasteiger partial charge in [-0.05, 0) is 48.4 Å². The number of alkyl halides is 3. The Hall–Kier alpha value is -3.84. The summed E-state index contributed by atoms with van der Waals surface area (Å²) >= 11 is 1.33. The molecule has 2 atom stereocenters. The van der Waals surface area contributed by atoms with Crippen LogP contribution in [0.3, 0.4) is 0 Å². The van der Waals surface area contributed by atoms with Crippen molar-refractivity contribution < 1.29 is 27.5 Å². The first-order chi connectivity index (χ1) is 20.0. The number of carbonyl (C=O) groups is 2. The molecule has 2 saturated heterocycles. The van der Waals surface area contributed by atoms with Gasteiger partial charge >= 0.3 is 12.2 Å². The van der Waals surface area contributed by atoms with E-state index in [1.807, 2.05) is 23.1 Å². The van der Waals surface area contributed by atoms with Gasteiger partial charge in [-0.15, -0.1) is 0 Å². The number of para-hydroxylation sites is 1. The molecular formula is C29H31F3N6O3S. The highest BCUT2D eigenvalue weighted by molar-refractivity contribution is 7.99. The SMILES string of the molecule is C=Nc1ccccc1SCOc1ccc(CN2CC3CN(C(=O)n4cc(N(C)C(C)=O)cn4)CC3C2)c(C(F)(F)F)c1. The van der Waals surface area contributed by atoms with E-state index in [0.29, 0.717) is 37.6 Å². The fraction of sp³-hybridized carbons (Fsp3) is 0.379. The molecule has 0 bridgehead atoms. The van der Waals surface area contributed by atoms with E-state index in [9.17, 15) is 22.8 Å². The van der Waals surface area contributed by atoms with Crippen LogP contribution in [0, 0.1) is 11.8 Å². The van der Waals surface area contributed by atoms with Crippen LogP contribution in [0.15, 0.2) is 64.7 Å². The Labute approximate surface area is 245 Å². The quantitative estimate of drug-likeness (QED) is 0.196. The highest BCUT2D eigenvalue weighted by Crippen LogP contribution is 2.38. The highest BCUT2D eigenvalue weighted by Gasteiger charge is 2.43. The van der Waals surface area contributed by atoms with Gasteiger partial charge in [-0.2, -0.15) is 23.0 Å². The summed E-state index contributed by atoms with van der Waals surface area (Å²) in [4.78, 5) is 34.5. The molecule has 13 heteroatoms. The van der Waals surface area contributed by atoms with Gasteiger partial charge in [0.15, 0.2) is 0 Å². The minimum atomic E-state index is -4.53. The van der Waals surface area contributed by atoms with Crippen molar-refractivity contribution in [3.63, 3.8) is 0 Å². The number of rotatable bonds is 8. The zero-order valence-corrected chi connectivity index (χ0v) is 24.1. The Morgan fingerprint density at radius 2 is 1.86 bits per heavy atom. The van der Waals surface area contributed by atoms with E-state index < -0.39 is 11.7 Å². The van der Waals surface area contributed by atoms with Crippen LogP contribution in [0.5, 0.6) is 5.75 Å². The Morgan fingerprint density at radius 3 is 2.52 bits per heavy atom. The standard InChI is InChI=1S/C29H31F3N6O3S/c1-19(39)35(3)23-11-34-38(17-23)28(40)37-15-21-13-36(14-22(21)16-37)12-20-8-9-24(10-25(20)29(30,31)32)41-18-42-27-7-5-4-6-26(27)33-2/h4-11,17,21-22H,2,12-16,18H2,1,3H3. The fourth-order valence-electron chi connectivity index (χ4n) is 5.45. The van der Waals surface area contributed by atoms with Gasteiger partial charge in [0.1, 0.15) is 11.7 Å². The number of likely N-dealkylation sites (tertiary alicyclic amines) is 2. The number of amides is 2. The molecule has 42 heavy (non-hydrogen) atoms. The van der Waals surface area contributed by atoms with Crippen molar-refractivity contribution in [2.45, 2.75) is 24.5 Å². The lowest BCUT2D eigenvalue weighted by Gasteiger charge is -2.23. The lowest BCUT2D eigenvalue weighted by Crippen LogP contribution is -2.36. The first-order valence-electron chi connectivity index (χ1n) is 13.4. The number of aromatic nitrogens is 2. The maximum absolute atomic E-state index is 14.0. The zero-order chi connectivity index (χ0) is 30.0. The number of benzene rings is 2. The smallest absolute Gasteiger partial charge is 0.416 e. The molecule has 2 fully saturated rings. The minimum Gasteiger partial charge on any atom is -0.483 e. The number of fused-ring (bicyclic) bond motifs is 1. The van der Waals surface area contributed by atoms with Gasteiger partial charge in [-0.3, -0.25) is 14.7 Å². The average Bonchev–Trinajstić information content (AvgIpc) is 3.68. The molecule has 2 aliphatic rings. The number of nitrogens with zero attached hydrogens (tertiary/aromatic N) is 6. The van der Waals surface area contributed by atoms with Crippen molar-refractivity contribution >= 4 is 41.8 Å². The zero-order valence-electron chi connectivity index (χ0n) is 23.3. The number of ether oxygens (including phenoxy) is 1. The summed E-state index contributed by atoms with van der Waals surface area (Å²) < 4.78 is 49.0. The van der Waals surface area contributed by atoms with Crippen LogP contribution in [-0.4, -0.2) is 77.4 Å². The summed E-state index contributed by atoms with van der Waals surface area (Å²) in [6, 6.07) is 11.2. The van der Waals surface area contributed by atoms with Crippen molar-refractivity contribution in [2.24, 2.45) is 16.8 Å². The molecule has 2 aromatic carbocycles. The van der Waals surface area contributed by atoms with Gasteiger partial charge in [-0.25, -0.2) is 4.79 Å². The van der Waals surface area contributed by atoms with Gasteiger partial charge in [-0.1, -0.05) is 30.0 Å². The average molecular weight is 601 g/mol. The van der Waals surface area contributed by atoms with E-state index in [1.54, 1.807) is 24.1 Å². The maximum Gasteiger partial charge on any atom is 0.416 e. The van der Waals surface area contributed by atoms with Crippen LogP contribution in [0.4, 0.5) is 29.3 Å². The third kappa shape index (κ3) is 6.46. The van der Waals surface area contributed by atoms with Crippen molar-refractivity contribution in [2.75, 3.05) is 44.1 Å². The van der Waals surface area contributed by atoms with E-state index in [0.717, 1.165) is 11.0 Å². The molecule has 222 valence electrons. The second-order valence-electron chi connectivity index (χ2n) is 10.5. The van der Waals surface area contributed by atoms with Crippen LogP contribution in [0.1, 0.15) is 18.1 Å². The predicted molar refractivity (Wildman–Crippen MR) is 154 cm³/mol. The van der Waals surface area contributed by atoms with Crippen LogP contribution in [0.2, 0.25) is 0 Å². The Kier molecular flexibility index (Phi) is 8.60. The number of anilines is 1. The van der Waals surface area contributed by atoms with Gasteiger partial charge in [0.2, 0.25) is 5.91 Å². The second-order valence-corrected chi connectivity index (χ2v) is 11.4. The summed E-state index contributed by atoms with van der Waals surface area (Å²) in [6.07, 6.45) is -1.55. The van der Waals surface area contributed by atoms with E-state index in [4.69, 9.17) is 4.74 Å². The van der Waals surface area contributed by atoms with Crippen LogP contribution in [0.25, 0.3) is 0 Å². The molecule has 2 aliphatic heterocycles. The highest BCUT2D eigenvalue weighted by atomic mass is 32.2. The van der Waals surface area contributed by atoms with E-state index in [2.05, 4.69) is 16.8 Å². The van der Waals surface area contributed by atoms with Gasteiger partial charge in [0.05, 0.1) is 29.3 Å². The first kappa shape index (κ1) is 29.6. The third-order valence-corrected chi connectivity index (χ3v) is 8.61. The molecule has 0 N–H and O–H groups in total. The van der Waals surface area contributed by atoms with Gasteiger partial charge in [0.25, 0.3) is 0 Å². The molecule has 9 nitrogen and oxygen atoms in total. The van der Waals surface area contributed by atoms with Crippen molar-refractivity contribution in [1.29, 1.82) is 0 Å². The Bertz CT molecular complexity index is 1460. The number of thioether (sulfide) groups is 1. The largest absolute Gasteiger partial charge is 0.483 e. The van der Waals surface area contributed by atoms with Crippen LogP contribution < -0.4 is 9.64 Å². The minimum absolute atomic E-state index is 0.126. The molecule has 0 saturated carbocycles. The molecule has 5 rings (SSSR count). The number of halogens is 3. The fourth-order valence-corrected chi connectivity index (χ4v) is 6.23. The van der Waals surface area contributed by atoms with Crippen molar-refractivity contribution in [3.8, 4) is 5.75 Å². The first-order valence-corrected chi connectivity index (χ1v) is 14.3. The van der Waals surface area contributed by atoms with E-state index in [1.165, 1.54) is 46.7 Å². The topological polar surface area (TPSA) is 83.3 Å². The molecule has 0 aliphatic carbocycles. The van der Waals surface area contributed by atoms with Crippen molar-refractivity contribution in [1.82, 2.24) is 19.6 Å². The summed E-state index contributed by atoms with van der Waals surface area (Å²) in [7, 11) is 1.61. The third-order valence-electron chi connectivity index (χ3n) is 7.71. The Balaban J connectivity index is 1.18. The van der Waals surface area contributed by atoms with Crippen LogP contribution >= 0.6 is 11.8 Å². The number of carbonyl (C=O) groups excluding carboxylic acids is 2. The maximum atomic E-state index is 14.0. The van der Waals surface area contributed by atoms with E-state index in [-0.39, 0.29) is 47.6 Å². The van der Waals surface area contributed by atoms with Crippen molar-refractivity contribution in [3.05, 3.63) is 66.0 Å². The van der Waals surface area contributed by atoms with Gasteiger partial charge in [0, 0.05) is 51.6 Å². The number of hydrogen-bond donors (Lipinski definition) is 0. The monoisotopic (exact) mass is 600 g/mol. The molecule has 2 unspecified atom stereocenters. The van der Waals surface area contributed by atoms with Crippen LogP contribution in [-0.2, 0) is 17.5 Å². The molecular weight excluding hydrogens is 569 g/mol. The summed E-state index contributed by atoms with van der Waals surface area (Å²) in [5, 5.41) is 4.11. The molecule has 1 aromatic heterocycles. The summed E-state index contributed by atoms with van der Waals surface area (Å²) in [5.74, 6) is 0.417. The number of hydrogen-bond acceptors (Lipinski definition) is 7. The molecule has 3 aromatic rings. The molecule has 0 radical (unpaired) electrons. The van der Waals surface area contributed by atoms with E-state index >= 15 is 0 Å².